The second kappa shape index (κ2) is 5.21. The Kier molecular flexibility index (Phi) is 3.91. The molecule has 1 rings (SSSR count). The van der Waals surface area contributed by atoms with E-state index < -0.39 is 0 Å². The van der Waals surface area contributed by atoms with Crippen LogP contribution in [-0.2, 0) is 0 Å². The second-order valence-electron chi connectivity index (χ2n) is 3.09. The van der Waals surface area contributed by atoms with Crippen molar-refractivity contribution in [1.82, 2.24) is 0 Å². The van der Waals surface area contributed by atoms with Crippen LogP contribution < -0.4 is 0 Å². The number of rotatable bonds is 6. The lowest BCUT2D eigenvalue weighted by Crippen LogP contribution is -2.11. The van der Waals surface area contributed by atoms with E-state index >= 15 is 0 Å². The van der Waals surface area contributed by atoms with Crippen molar-refractivity contribution in [2.24, 2.45) is 0 Å². The van der Waals surface area contributed by atoms with E-state index in [0.29, 0.717) is 12.2 Å². The van der Waals surface area contributed by atoms with Crippen LogP contribution in [0.1, 0.15) is 24.5 Å². The number of nitrogens with zero attached hydrogens (tertiary/aromatic N) is 1. The fraction of sp³-hybridized carbons (Fsp3) is 0.400. The molecular weight excluding hydrogens is 182 g/mol. The Morgan fingerprint density at radius 2 is 2.50 bits per heavy atom. The van der Waals surface area contributed by atoms with Crippen molar-refractivity contribution in [3.8, 4) is 0 Å². The monoisotopic (exact) mass is 195 g/mol. The van der Waals surface area contributed by atoms with E-state index in [2.05, 4.69) is 6.58 Å². The third kappa shape index (κ3) is 3.05. The van der Waals surface area contributed by atoms with Crippen molar-refractivity contribution in [3.05, 3.63) is 46.9 Å². The van der Waals surface area contributed by atoms with E-state index in [1.165, 1.54) is 6.26 Å². The van der Waals surface area contributed by atoms with Gasteiger partial charge in [-0.3, -0.25) is 10.1 Å². The summed E-state index contributed by atoms with van der Waals surface area (Å²) in [6.07, 6.45) is 4.77. The van der Waals surface area contributed by atoms with Gasteiger partial charge in [0.25, 0.3) is 0 Å². The molecule has 0 bridgehead atoms. The Morgan fingerprint density at radius 1 is 1.71 bits per heavy atom. The SMILES string of the molecule is C=CCCC(C[N+](=O)[O-])c1ccco1. The molecular formula is C10H13NO3. The van der Waals surface area contributed by atoms with Crippen molar-refractivity contribution in [1.29, 1.82) is 0 Å². The van der Waals surface area contributed by atoms with Gasteiger partial charge in [0.05, 0.1) is 12.2 Å². The third-order valence-electron chi connectivity index (χ3n) is 2.03. The molecule has 0 amide bonds. The number of hydrogen-bond acceptors (Lipinski definition) is 3. The summed E-state index contributed by atoms with van der Waals surface area (Å²) in [6, 6.07) is 3.52. The van der Waals surface area contributed by atoms with Gasteiger partial charge in [0.2, 0.25) is 6.54 Å². The minimum absolute atomic E-state index is 0.0820. The van der Waals surface area contributed by atoms with E-state index in [4.69, 9.17) is 4.42 Å². The van der Waals surface area contributed by atoms with E-state index in [9.17, 15) is 10.1 Å². The summed E-state index contributed by atoms with van der Waals surface area (Å²) in [6.45, 7) is 3.51. The molecule has 1 unspecified atom stereocenters. The number of hydrogen-bond donors (Lipinski definition) is 0. The predicted molar refractivity (Wildman–Crippen MR) is 52.7 cm³/mol. The van der Waals surface area contributed by atoms with Gasteiger partial charge < -0.3 is 4.42 Å². The van der Waals surface area contributed by atoms with Crippen LogP contribution in [0, 0.1) is 10.1 Å². The first-order valence-electron chi connectivity index (χ1n) is 4.50. The summed E-state index contributed by atoms with van der Waals surface area (Å²) in [5.41, 5.74) is 0. The molecule has 0 aliphatic carbocycles. The zero-order valence-electron chi connectivity index (χ0n) is 7.89. The van der Waals surface area contributed by atoms with E-state index in [-0.39, 0.29) is 17.4 Å². The lowest BCUT2D eigenvalue weighted by atomic mass is 10.0. The minimum atomic E-state index is -0.309. The molecule has 1 atom stereocenters. The van der Waals surface area contributed by atoms with Gasteiger partial charge in [0, 0.05) is 4.92 Å². The molecule has 1 heterocycles. The van der Waals surface area contributed by atoms with Crippen molar-refractivity contribution in [2.75, 3.05) is 6.54 Å². The minimum Gasteiger partial charge on any atom is -0.469 e. The number of furan rings is 1. The molecule has 0 fully saturated rings. The molecule has 4 nitrogen and oxygen atoms in total. The van der Waals surface area contributed by atoms with Crippen molar-refractivity contribution in [2.45, 2.75) is 18.8 Å². The van der Waals surface area contributed by atoms with Crippen LogP contribution >= 0.6 is 0 Å². The molecule has 14 heavy (non-hydrogen) atoms. The normalized spacial score (nSPS) is 12.3. The number of nitro groups is 1. The standard InChI is InChI=1S/C10H13NO3/c1-2-3-5-9(8-11(12)13)10-6-4-7-14-10/h2,4,6-7,9H,1,3,5,8H2. The van der Waals surface area contributed by atoms with Gasteiger partial charge >= 0.3 is 0 Å². The first-order chi connectivity index (χ1) is 6.74. The molecule has 0 saturated heterocycles. The Hall–Kier alpha value is -1.58. The summed E-state index contributed by atoms with van der Waals surface area (Å²) in [5.74, 6) is 0.543. The molecule has 76 valence electrons. The van der Waals surface area contributed by atoms with Gasteiger partial charge in [-0.2, -0.15) is 0 Å². The van der Waals surface area contributed by atoms with Crippen LogP contribution in [0.15, 0.2) is 35.5 Å². The van der Waals surface area contributed by atoms with Crippen molar-refractivity contribution < 1.29 is 9.34 Å². The maximum atomic E-state index is 10.4. The second-order valence-corrected chi connectivity index (χ2v) is 3.09. The smallest absolute Gasteiger partial charge is 0.213 e. The highest BCUT2D eigenvalue weighted by atomic mass is 16.6. The Bertz CT molecular complexity index is 292. The average molecular weight is 195 g/mol. The van der Waals surface area contributed by atoms with Crippen LogP contribution in [0.3, 0.4) is 0 Å². The highest BCUT2D eigenvalue weighted by Gasteiger charge is 2.19. The zero-order valence-corrected chi connectivity index (χ0v) is 7.89. The molecule has 0 aliphatic rings. The van der Waals surface area contributed by atoms with Crippen molar-refractivity contribution >= 4 is 0 Å². The van der Waals surface area contributed by atoms with E-state index in [1.807, 2.05) is 0 Å². The van der Waals surface area contributed by atoms with Gasteiger partial charge in [-0.25, -0.2) is 0 Å². The van der Waals surface area contributed by atoms with E-state index in [1.54, 1.807) is 18.2 Å². The summed E-state index contributed by atoms with van der Waals surface area (Å²) in [4.78, 5) is 10.1. The number of allylic oxidation sites excluding steroid dienone is 1. The summed E-state index contributed by atoms with van der Waals surface area (Å²) < 4.78 is 5.15. The first kappa shape index (κ1) is 10.5. The topological polar surface area (TPSA) is 56.3 Å². The fourth-order valence-corrected chi connectivity index (χ4v) is 1.35. The Balaban J connectivity index is 2.61. The Morgan fingerprint density at radius 3 is 3.00 bits per heavy atom. The molecule has 0 aromatic carbocycles. The summed E-state index contributed by atoms with van der Waals surface area (Å²) in [5, 5.41) is 10.4. The van der Waals surface area contributed by atoms with E-state index in [0.717, 1.165) is 6.42 Å². The van der Waals surface area contributed by atoms with Crippen LogP contribution in [0.2, 0.25) is 0 Å². The van der Waals surface area contributed by atoms with Gasteiger partial charge in [-0.1, -0.05) is 6.08 Å². The molecule has 4 heteroatoms. The van der Waals surface area contributed by atoms with Gasteiger partial charge in [0.1, 0.15) is 5.76 Å². The molecule has 0 N–H and O–H groups in total. The summed E-state index contributed by atoms with van der Waals surface area (Å²) >= 11 is 0. The molecule has 0 aliphatic heterocycles. The fourth-order valence-electron chi connectivity index (χ4n) is 1.35. The van der Waals surface area contributed by atoms with Gasteiger partial charge in [-0.15, -0.1) is 6.58 Å². The molecule has 0 saturated carbocycles. The zero-order chi connectivity index (χ0) is 10.4. The van der Waals surface area contributed by atoms with Crippen LogP contribution in [-0.4, -0.2) is 11.5 Å². The van der Waals surface area contributed by atoms with Crippen molar-refractivity contribution in [3.63, 3.8) is 0 Å². The average Bonchev–Trinajstić information content (AvgIpc) is 2.64. The van der Waals surface area contributed by atoms with Crippen LogP contribution in [0.25, 0.3) is 0 Å². The first-order valence-corrected chi connectivity index (χ1v) is 4.50. The highest BCUT2D eigenvalue weighted by molar-refractivity contribution is 5.05. The lowest BCUT2D eigenvalue weighted by molar-refractivity contribution is -0.484. The highest BCUT2D eigenvalue weighted by Crippen LogP contribution is 2.21. The Labute approximate surface area is 82.4 Å². The lowest BCUT2D eigenvalue weighted by Gasteiger charge is -2.07. The maximum Gasteiger partial charge on any atom is 0.213 e. The molecule has 1 aromatic rings. The largest absolute Gasteiger partial charge is 0.469 e. The summed E-state index contributed by atoms with van der Waals surface area (Å²) in [7, 11) is 0. The van der Waals surface area contributed by atoms with Gasteiger partial charge in [-0.05, 0) is 25.0 Å². The van der Waals surface area contributed by atoms with Crippen LogP contribution in [0.4, 0.5) is 0 Å². The molecule has 0 spiro atoms. The molecule has 1 aromatic heterocycles. The predicted octanol–water partition coefficient (Wildman–Crippen LogP) is 2.61. The maximum absolute atomic E-state index is 10.4. The van der Waals surface area contributed by atoms with Crippen LogP contribution in [0.5, 0.6) is 0 Å². The third-order valence-corrected chi connectivity index (χ3v) is 2.03. The quantitative estimate of drug-likeness (QED) is 0.398. The molecule has 0 radical (unpaired) electrons. The van der Waals surface area contributed by atoms with Gasteiger partial charge in [0.15, 0.2) is 0 Å².